The van der Waals surface area contributed by atoms with Crippen LogP contribution < -0.4 is 0 Å². The zero-order chi connectivity index (χ0) is 61.0. The quantitative estimate of drug-likeness (QED) is 0.141. The molecule has 0 saturated heterocycles. The van der Waals surface area contributed by atoms with Gasteiger partial charge in [0.1, 0.15) is 0 Å². The van der Waals surface area contributed by atoms with E-state index in [0.29, 0.717) is 99.4 Å². The Morgan fingerprint density at radius 3 is 0.898 bits per heavy atom. The van der Waals surface area contributed by atoms with Gasteiger partial charge in [0.15, 0.2) is 0 Å². The van der Waals surface area contributed by atoms with Crippen molar-refractivity contribution in [3.63, 3.8) is 0 Å². The average molecular weight is 1130 g/mol. The number of nitriles is 8. The fourth-order valence-corrected chi connectivity index (χ4v) is 11.7. The summed E-state index contributed by atoms with van der Waals surface area (Å²) in [5, 5.41) is 83.6. The molecule has 0 N–H and O–H groups in total. The van der Waals surface area contributed by atoms with E-state index in [1.165, 1.54) is 36.4 Å². The van der Waals surface area contributed by atoms with Crippen LogP contribution in [-0.4, -0.2) is 14.1 Å². The third kappa shape index (κ3) is 9.45. The summed E-state index contributed by atoms with van der Waals surface area (Å²) < 4.78 is 53.8. The van der Waals surface area contributed by atoms with Crippen molar-refractivity contribution in [2.75, 3.05) is 0 Å². The SMILES string of the molecule is N#Cc1cc(C#N)cc(-c2ccc3c4ccc(-c5cc(C#N)cc(C#N)c5)cc4n(-c4cc(-c5cccc(-c6ccccc6)n5)c(C(F)(F)F)cc4-n4c5cc(-c6cc(C#N)cc(C#N)c6)ccc5c5ccc(-c6cc(C#N)cc(C#N)c6)cc54)c3c2)c1. The molecule has 0 bridgehead atoms. The van der Waals surface area contributed by atoms with Gasteiger partial charge >= 0.3 is 6.18 Å². The Kier molecular flexibility index (Phi) is 13.1. The van der Waals surface area contributed by atoms with Gasteiger partial charge in [-0.1, -0.05) is 84.9 Å². The number of rotatable bonds is 8. The van der Waals surface area contributed by atoms with E-state index in [9.17, 15) is 42.1 Å². The van der Waals surface area contributed by atoms with Crippen molar-refractivity contribution in [1.82, 2.24) is 14.1 Å². The lowest BCUT2D eigenvalue weighted by Crippen LogP contribution is -2.12. The molecule has 0 spiro atoms. The van der Waals surface area contributed by atoms with Gasteiger partial charge in [-0.05, 0) is 166 Å². The van der Waals surface area contributed by atoms with Crippen molar-refractivity contribution in [1.29, 1.82) is 42.1 Å². The van der Waals surface area contributed by atoms with Crippen LogP contribution >= 0.6 is 0 Å². The number of hydrogen-bond donors (Lipinski definition) is 0. The van der Waals surface area contributed by atoms with E-state index in [2.05, 4.69) is 48.6 Å². The summed E-state index contributed by atoms with van der Waals surface area (Å²) in [6.07, 6.45) is -5.03. The maximum Gasteiger partial charge on any atom is 0.417 e. The summed E-state index contributed by atoms with van der Waals surface area (Å²) in [5.41, 5.74) is 7.78. The van der Waals surface area contributed by atoms with Gasteiger partial charge in [0.25, 0.3) is 0 Å². The van der Waals surface area contributed by atoms with Gasteiger partial charge in [-0.25, -0.2) is 4.98 Å². The van der Waals surface area contributed by atoms with Crippen LogP contribution in [0.25, 0.3) is 122 Å². The number of alkyl halides is 3. The third-order valence-electron chi connectivity index (χ3n) is 15.6. The first-order chi connectivity index (χ1) is 42.8. The van der Waals surface area contributed by atoms with Crippen molar-refractivity contribution in [3.8, 4) is 127 Å². The number of nitrogens with zero attached hydrogens (tertiary/aromatic N) is 11. The highest BCUT2D eigenvalue weighted by Crippen LogP contribution is 2.47. The maximum atomic E-state index is 16.7. The van der Waals surface area contributed by atoms with E-state index in [-0.39, 0.29) is 67.1 Å². The Bertz CT molecular complexity index is 5160. The van der Waals surface area contributed by atoms with Crippen LogP contribution in [0.1, 0.15) is 50.1 Å². The number of benzene rings is 10. The zero-order valence-electron chi connectivity index (χ0n) is 45.7. The highest BCUT2D eigenvalue weighted by molar-refractivity contribution is 6.14. The summed E-state index contributed by atoms with van der Waals surface area (Å²) in [4.78, 5) is 4.93. The molecule has 0 amide bonds. The highest BCUT2D eigenvalue weighted by atomic mass is 19.4. The van der Waals surface area contributed by atoms with Crippen LogP contribution in [0.4, 0.5) is 13.2 Å². The summed E-state index contributed by atoms with van der Waals surface area (Å²) in [6.45, 7) is 0. The molecule has 0 aliphatic heterocycles. The number of halogens is 3. The molecule has 406 valence electrons. The molecule has 0 unspecified atom stereocenters. The van der Waals surface area contributed by atoms with E-state index in [1.54, 1.807) is 77.4 Å². The second-order valence-electron chi connectivity index (χ2n) is 20.8. The standard InChI is InChI=1S/C74H34F3N11/c75-74(76,77)65-34-73(88-70-31-54(58-25-47(39-82)19-48(26-58)40-83)11-15-62(70)63-16-12-55(32-71(63)88)59-27-49(41-84)20-50(28-59)42-85)72(33-64(65)67-8-4-7-66(86-67)51-5-2-1-3-6-51)87-68-29-52(56-21-43(35-78)17-44(22-56)36-79)9-13-60(68)61-14-10-53(30-69(61)87)57-23-45(37-80)18-46(24-57)38-81/h1-34H. The highest BCUT2D eigenvalue weighted by Gasteiger charge is 2.37. The van der Waals surface area contributed by atoms with Gasteiger partial charge < -0.3 is 9.13 Å². The molecule has 13 aromatic rings. The first kappa shape index (κ1) is 53.9. The van der Waals surface area contributed by atoms with Crippen molar-refractivity contribution in [2.45, 2.75) is 6.18 Å². The number of pyridine rings is 1. The number of aromatic nitrogens is 3. The van der Waals surface area contributed by atoms with E-state index in [1.807, 2.05) is 95.6 Å². The summed E-state index contributed by atoms with van der Waals surface area (Å²) in [7, 11) is 0. The summed E-state index contributed by atoms with van der Waals surface area (Å²) in [5.74, 6) is 0. The van der Waals surface area contributed by atoms with Crippen molar-refractivity contribution in [2.24, 2.45) is 0 Å². The van der Waals surface area contributed by atoms with Crippen LogP contribution in [0.15, 0.2) is 206 Å². The van der Waals surface area contributed by atoms with Crippen molar-refractivity contribution < 1.29 is 13.2 Å². The first-order valence-corrected chi connectivity index (χ1v) is 27.1. The molecule has 0 fully saturated rings. The molecular formula is C74H34F3N11. The lowest BCUT2D eigenvalue weighted by Gasteiger charge is -2.22. The molecule has 0 atom stereocenters. The molecule has 0 radical (unpaired) electrons. The van der Waals surface area contributed by atoms with E-state index >= 15 is 13.2 Å². The minimum atomic E-state index is -5.03. The van der Waals surface area contributed by atoms with Gasteiger partial charge in [-0.15, -0.1) is 0 Å². The molecule has 88 heavy (non-hydrogen) atoms. The summed E-state index contributed by atoms with van der Waals surface area (Å²) in [6, 6.07) is 74.8. The van der Waals surface area contributed by atoms with Gasteiger partial charge in [0, 0.05) is 32.7 Å². The molecule has 0 aliphatic rings. The minimum Gasteiger partial charge on any atom is -0.307 e. The predicted molar refractivity (Wildman–Crippen MR) is 328 cm³/mol. The second-order valence-corrected chi connectivity index (χ2v) is 20.8. The minimum absolute atomic E-state index is 0.00136. The Labute approximate surface area is 500 Å². The molecule has 11 nitrogen and oxygen atoms in total. The Morgan fingerprint density at radius 2 is 0.591 bits per heavy atom. The van der Waals surface area contributed by atoms with Crippen LogP contribution in [0.5, 0.6) is 0 Å². The molecule has 13 rings (SSSR count). The largest absolute Gasteiger partial charge is 0.417 e. The van der Waals surface area contributed by atoms with E-state index < -0.39 is 11.7 Å². The lowest BCUT2D eigenvalue weighted by atomic mass is 9.98. The van der Waals surface area contributed by atoms with Gasteiger partial charge in [-0.3, -0.25) is 0 Å². The first-order valence-electron chi connectivity index (χ1n) is 27.1. The van der Waals surface area contributed by atoms with Crippen molar-refractivity contribution >= 4 is 43.6 Å². The molecule has 3 heterocycles. The van der Waals surface area contributed by atoms with Crippen LogP contribution in [0.2, 0.25) is 0 Å². The normalized spacial score (nSPS) is 11.0. The number of hydrogen-bond acceptors (Lipinski definition) is 9. The molecule has 0 aliphatic carbocycles. The molecule has 0 saturated carbocycles. The Balaban J connectivity index is 1.23. The smallest absolute Gasteiger partial charge is 0.307 e. The summed E-state index contributed by atoms with van der Waals surface area (Å²) >= 11 is 0. The molecular weight excluding hydrogens is 1100 g/mol. The molecule has 3 aromatic heterocycles. The predicted octanol–water partition coefficient (Wildman–Crippen LogP) is 17.3. The second kappa shape index (κ2) is 21.4. The molecule has 10 aromatic carbocycles. The monoisotopic (exact) mass is 1130 g/mol. The van der Waals surface area contributed by atoms with Gasteiger partial charge in [0.2, 0.25) is 0 Å². The van der Waals surface area contributed by atoms with Gasteiger partial charge in [-0.2, -0.15) is 55.3 Å². The zero-order valence-corrected chi connectivity index (χ0v) is 45.7. The van der Waals surface area contributed by atoms with Crippen molar-refractivity contribution in [3.05, 3.63) is 256 Å². The molecule has 14 heteroatoms. The van der Waals surface area contributed by atoms with Crippen LogP contribution in [-0.2, 0) is 6.18 Å². The van der Waals surface area contributed by atoms with Gasteiger partial charge in [0.05, 0.1) is 143 Å². The maximum absolute atomic E-state index is 16.7. The average Bonchev–Trinajstić information content (AvgIpc) is 1.62. The van der Waals surface area contributed by atoms with E-state index in [4.69, 9.17) is 4.98 Å². The topological polar surface area (TPSA) is 213 Å². The Morgan fingerprint density at radius 1 is 0.284 bits per heavy atom. The van der Waals surface area contributed by atoms with Crippen LogP contribution in [0, 0.1) is 90.6 Å². The Hall–Kier alpha value is -13.3. The lowest BCUT2D eigenvalue weighted by molar-refractivity contribution is -0.137. The van der Waals surface area contributed by atoms with E-state index in [0.717, 1.165) is 6.07 Å². The van der Waals surface area contributed by atoms with Crippen LogP contribution in [0.3, 0.4) is 0 Å². The fraction of sp³-hybridized carbons (Fsp3) is 0.0135. The fourth-order valence-electron chi connectivity index (χ4n) is 11.7. The third-order valence-corrected chi connectivity index (χ3v) is 15.6. The number of fused-ring (bicyclic) bond motifs is 6.